The van der Waals surface area contributed by atoms with Crippen molar-refractivity contribution in [2.45, 2.75) is 6.92 Å². The Morgan fingerprint density at radius 1 is 1.43 bits per heavy atom. The fraction of sp³-hybridized carbons (Fsp3) is 0.100. The van der Waals surface area contributed by atoms with Crippen LogP contribution in [0.2, 0.25) is 5.02 Å². The van der Waals surface area contributed by atoms with Crippen molar-refractivity contribution in [3.05, 3.63) is 39.8 Å². The molecule has 2 aromatic rings. The number of oxazole rings is 1. The van der Waals surface area contributed by atoms with Crippen LogP contribution in [0.25, 0.3) is 11.3 Å². The molecule has 0 aliphatic heterocycles. The van der Waals surface area contributed by atoms with Gasteiger partial charge in [0, 0.05) is 10.0 Å². The van der Waals surface area contributed by atoms with Crippen LogP contribution in [0.3, 0.4) is 0 Å². The van der Waals surface area contributed by atoms with Gasteiger partial charge >= 0.3 is 0 Å². The third-order valence-corrected chi connectivity index (χ3v) is 3.15. The third kappa shape index (κ3) is 1.70. The summed E-state index contributed by atoms with van der Waals surface area (Å²) in [4.78, 5) is 4.13. The Kier molecular flexibility index (Phi) is 2.61. The molecule has 1 aromatic heterocycles. The Labute approximate surface area is 95.0 Å². The van der Waals surface area contributed by atoms with Crippen LogP contribution in [0.5, 0.6) is 0 Å². The van der Waals surface area contributed by atoms with E-state index in [1.807, 2.05) is 25.1 Å². The molecule has 1 aromatic carbocycles. The van der Waals surface area contributed by atoms with Gasteiger partial charge in [-0.25, -0.2) is 4.98 Å². The highest BCUT2D eigenvalue weighted by Gasteiger charge is 2.07. The second-order valence-electron chi connectivity index (χ2n) is 2.89. The van der Waals surface area contributed by atoms with Crippen molar-refractivity contribution in [3.8, 4) is 11.3 Å². The summed E-state index contributed by atoms with van der Waals surface area (Å²) < 4.78 is 5.99. The van der Waals surface area contributed by atoms with Gasteiger partial charge in [-0.15, -0.1) is 0 Å². The molecule has 0 aliphatic carbocycles. The first kappa shape index (κ1) is 9.74. The number of aromatic nitrogens is 1. The number of hydrogen-bond acceptors (Lipinski definition) is 2. The van der Waals surface area contributed by atoms with Crippen LogP contribution >= 0.6 is 27.5 Å². The fourth-order valence-corrected chi connectivity index (χ4v) is 1.72. The Balaban J connectivity index is 2.53. The molecule has 0 unspecified atom stereocenters. The molecule has 4 heteroatoms. The summed E-state index contributed by atoms with van der Waals surface area (Å²) in [6.07, 6.45) is 1.44. The number of nitrogens with zero attached hydrogens (tertiary/aromatic N) is 1. The van der Waals surface area contributed by atoms with Crippen LogP contribution in [0, 0.1) is 6.92 Å². The van der Waals surface area contributed by atoms with Crippen LogP contribution in [0.4, 0.5) is 0 Å². The SMILES string of the molecule is Cc1ocnc1-c1ccc(Cl)c(Br)c1. The second-order valence-corrected chi connectivity index (χ2v) is 4.15. The summed E-state index contributed by atoms with van der Waals surface area (Å²) >= 11 is 9.26. The molecule has 14 heavy (non-hydrogen) atoms. The zero-order valence-corrected chi connectivity index (χ0v) is 9.76. The smallest absolute Gasteiger partial charge is 0.181 e. The Morgan fingerprint density at radius 3 is 2.79 bits per heavy atom. The summed E-state index contributed by atoms with van der Waals surface area (Å²) in [5, 5.41) is 0.690. The predicted octanol–water partition coefficient (Wildman–Crippen LogP) is 4.07. The molecule has 0 radical (unpaired) electrons. The average molecular weight is 273 g/mol. The number of hydrogen-bond donors (Lipinski definition) is 0. The number of rotatable bonds is 1. The summed E-state index contributed by atoms with van der Waals surface area (Å²) in [5.41, 5.74) is 1.84. The van der Waals surface area contributed by atoms with Crippen molar-refractivity contribution in [3.63, 3.8) is 0 Å². The zero-order chi connectivity index (χ0) is 10.1. The monoisotopic (exact) mass is 271 g/mol. The van der Waals surface area contributed by atoms with Crippen LogP contribution < -0.4 is 0 Å². The molecule has 2 rings (SSSR count). The van der Waals surface area contributed by atoms with Crippen LogP contribution in [0.1, 0.15) is 5.76 Å². The number of aryl methyl sites for hydroxylation is 1. The maximum atomic E-state index is 5.89. The first-order valence-corrected chi connectivity index (χ1v) is 5.21. The van der Waals surface area contributed by atoms with E-state index >= 15 is 0 Å². The Hall–Kier alpha value is -0.800. The third-order valence-electron chi connectivity index (χ3n) is 1.94. The van der Waals surface area contributed by atoms with Gasteiger partial charge in [0.1, 0.15) is 11.5 Å². The zero-order valence-electron chi connectivity index (χ0n) is 7.42. The molecule has 0 saturated carbocycles. The molecule has 0 saturated heterocycles. The summed E-state index contributed by atoms with van der Waals surface area (Å²) in [6, 6.07) is 5.67. The van der Waals surface area contributed by atoms with E-state index in [4.69, 9.17) is 16.0 Å². The fourth-order valence-electron chi connectivity index (χ4n) is 1.23. The molecular formula is C10H7BrClNO. The molecule has 0 N–H and O–H groups in total. The summed E-state index contributed by atoms with van der Waals surface area (Å²) in [5.74, 6) is 0.805. The highest BCUT2D eigenvalue weighted by atomic mass is 79.9. The van der Waals surface area contributed by atoms with Crippen LogP contribution in [0.15, 0.2) is 33.5 Å². The van der Waals surface area contributed by atoms with Crippen molar-refractivity contribution in [1.29, 1.82) is 0 Å². The minimum atomic E-state index is 0.690. The van der Waals surface area contributed by atoms with E-state index in [1.54, 1.807) is 0 Å². The minimum absolute atomic E-state index is 0.690. The second kappa shape index (κ2) is 3.75. The van der Waals surface area contributed by atoms with Crippen molar-refractivity contribution < 1.29 is 4.42 Å². The summed E-state index contributed by atoms with van der Waals surface area (Å²) in [6.45, 7) is 1.88. The van der Waals surface area contributed by atoms with E-state index < -0.39 is 0 Å². The molecule has 0 aliphatic rings. The van der Waals surface area contributed by atoms with E-state index in [-0.39, 0.29) is 0 Å². The Bertz CT molecular complexity index is 467. The topological polar surface area (TPSA) is 26.0 Å². The van der Waals surface area contributed by atoms with Gasteiger partial charge in [0.25, 0.3) is 0 Å². The van der Waals surface area contributed by atoms with E-state index in [1.165, 1.54) is 6.39 Å². The Morgan fingerprint density at radius 2 is 2.21 bits per heavy atom. The molecule has 2 nitrogen and oxygen atoms in total. The van der Waals surface area contributed by atoms with Crippen LogP contribution in [-0.4, -0.2) is 4.98 Å². The highest BCUT2D eigenvalue weighted by Crippen LogP contribution is 2.29. The van der Waals surface area contributed by atoms with E-state index in [0.29, 0.717) is 5.02 Å². The molecule has 0 atom stereocenters. The van der Waals surface area contributed by atoms with Gasteiger partial charge in [-0.05, 0) is 35.0 Å². The quantitative estimate of drug-likeness (QED) is 0.782. The standard InChI is InChI=1S/C10H7BrClNO/c1-6-10(13-5-14-6)7-2-3-9(12)8(11)4-7/h2-5H,1H3. The number of halogens is 2. The van der Waals surface area contributed by atoms with Crippen molar-refractivity contribution in [2.24, 2.45) is 0 Å². The van der Waals surface area contributed by atoms with E-state index in [0.717, 1.165) is 21.5 Å². The van der Waals surface area contributed by atoms with E-state index in [9.17, 15) is 0 Å². The van der Waals surface area contributed by atoms with Gasteiger partial charge in [-0.1, -0.05) is 17.7 Å². The van der Waals surface area contributed by atoms with Gasteiger partial charge in [0.05, 0.1) is 5.02 Å². The van der Waals surface area contributed by atoms with Crippen LogP contribution in [-0.2, 0) is 0 Å². The van der Waals surface area contributed by atoms with Gasteiger partial charge in [-0.2, -0.15) is 0 Å². The van der Waals surface area contributed by atoms with Crippen molar-refractivity contribution >= 4 is 27.5 Å². The largest absolute Gasteiger partial charge is 0.448 e. The first-order chi connectivity index (χ1) is 6.68. The normalized spacial score (nSPS) is 10.5. The molecule has 72 valence electrons. The number of benzene rings is 1. The van der Waals surface area contributed by atoms with Crippen molar-refractivity contribution in [1.82, 2.24) is 4.98 Å². The molecule has 1 heterocycles. The van der Waals surface area contributed by atoms with Gasteiger partial charge < -0.3 is 4.42 Å². The summed E-state index contributed by atoms with van der Waals surface area (Å²) in [7, 11) is 0. The maximum Gasteiger partial charge on any atom is 0.181 e. The first-order valence-electron chi connectivity index (χ1n) is 4.04. The van der Waals surface area contributed by atoms with Gasteiger partial charge in [0.2, 0.25) is 0 Å². The predicted molar refractivity (Wildman–Crippen MR) is 59.4 cm³/mol. The molecule has 0 fully saturated rings. The lowest BCUT2D eigenvalue weighted by Gasteiger charge is -2.00. The highest BCUT2D eigenvalue weighted by molar-refractivity contribution is 9.10. The minimum Gasteiger partial charge on any atom is -0.448 e. The lowest BCUT2D eigenvalue weighted by molar-refractivity contribution is 0.527. The lowest BCUT2D eigenvalue weighted by atomic mass is 10.1. The maximum absolute atomic E-state index is 5.89. The molecule has 0 bridgehead atoms. The molecular weight excluding hydrogens is 265 g/mol. The van der Waals surface area contributed by atoms with E-state index in [2.05, 4.69) is 20.9 Å². The molecule has 0 amide bonds. The average Bonchev–Trinajstić information content (AvgIpc) is 2.57. The van der Waals surface area contributed by atoms with Crippen molar-refractivity contribution in [2.75, 3.05) is 0 Å². The van der Waals surface area contributed by atoms with Gasteiger partial charge in [-0.3, -0.25) is 0 Å². The van der Waals surface area contributed by atoms with Gasteiger partial charge in [0.15, 0.2) is 6.39 Å². The lowest BCUT2D eigenvalue weighted by Crippen LogP contribution is -1.80. The molecule has 0 spiro atoms.